The molecule has 0 aromatic heterocycles. The molecule has 5 nitrogen and oxygen atoms in total. The van der Waals surface area contributed by atoms with E-state index < -0.39 is 0 Å². The second-order valence-electron chi connectivity index (χ2n) is 5.97. The van der Waals surface area contributed by atoms with Gasteiger partial charge < -0.3 is 18.9 Å². The smallest absolute Gasteiger partial charge is 0.330 e. The van der Waals surface area contributed by atoms with Gasteiger partial charge in [0.05, 0.1) is 32.0 Å². The van der Waals surface area contributed by atoms with Crippen LogP contribution in [0, 0.1) is 0 Å². The van der Waals surface area contributed by atoms with E-state index >= 15 is 0 Å². The molecule has 0 spiro atoms. The molecule has 5 heteroatoms. The van der Waals surface area contributed by atoms with Crippen LogP contribution < -0.4 is 4.74 Å². The Morgan fingerprint density at radius 2 is 2.12 bits per heavy atom. The number of esters is 1. The van der Waals surface area contributed by atoms with Crippen molar-refractivity contribution in [1.82, 2.24) is 0 Å². The standard InChI is InChI=1S/C19H26O5/c1-5-21-19(20)9-7-15-6-8-16(24-13(2)3)10-18(15)14(4)22-11-17-12-23-17/h6-10,13-14,17H,5,11-12H2,1-4H3/b9-7+/t14-,17+/m1/s1. The van der Waals surface area contributed by atoms with Gasteiger partial charge in [0.25, 0.3) is 0 Å². The van der Waals surface area contributed by atoms with Crippen LogP contribution in [-0.4, -0.2) is 38.0 Å². The Hall–Kier alpha value is -1.85. The van der Waals surface area contributed by atoms with Gasteiger partial charge in [0.15, 0.2) is 0 Å². The van der Waals surface area contributed by atoms with Crippen LogP contribution in [0.1, 0.15) is 44.9 Å². The molecule has 0 N–H and O–H groups in total. The van der Waals surface area contributed by atoms with Crippen LogP contribution in [0.3, 0.4) is 0 Å². The summed E-state index contributed by atoms with van der Waals surface area (Å²) in [6.45, 7) is 9.43. The highest BCUT2D eigenvalue weighted by molar-refractivity contribution is 5.87. The molecule has 1 saturated heterocycles. The Morgan fingerprint density at radius 1 is 1.38 bits per heavy atom. The van der Waals surface area contributed by atoms with Crippen LogP contribution >= 0.6 is 0 Å². The van der Waals surface area contributed by atoms with Gasteiger partial charge in [-0.15, -0.1) is 0 Å². The van der Waals surface area contributed by atoms with Crippen molar-refractivity contribution in [3.63, 3.8) is 0 Å². The number of benzene rings is 1. The van der Waals surface area contributed by atoms with Crippen molar-refractivity contribution in [2.45, 2.75) is 46.0 Å². The predicted octanol–water partition coefficient (Wildman–Crippen LogP) is 3.53. The fraction of sp³-hybridized carbons (Fsp3) is 0.526. The Bertz CT molecular complexity index is 575. The van der Waals surface area contributed by atoms with Crippen LogP contribution in [0.15, 0.2) is 24.3 Å². The fourth-order valence-electron chi connectivity index (χ4n) is 2.26. The van der Waals surface area contributed by atoms with Crippen LogP contribution in [0.25, 0.3) is 6.08 Å². The van der Waals surface area contributed by atoms with Crippen LogP contribution in [0.5, 0.6) is 5.75 Å². The van der Waals surface area contributed by atoms with Gasteiger partial charge >= 0.3 is 5.97 Å². The van der Waals surface area contributed by atoms with Crippen molar-refractivity contribution in [1.29, 1.82) is 0 Å². The number of rotatable bonds is 9. The summed E-state index contributed by atoms with van der Waals surface area (Å²) in [6.07, 6.45) is 3.35. The van der Waals surface area contributed by atoms with Crippen LogP contribution in [0.4, 0.5) is 0 Å². The molecule has 0 aliphatic carbocycles. The summed E-state index contributed by atoms with van der Waals surface area (Å²) in [5.74, 6) is 0.428. The Balaban J connectivity index is 2.17. The Labute approximate surface area is 143 Å². The van der Waals surface area contributed by atoms with Gasteiger partial charge in [0.1, 0.15) is 11.9 Å². The van der Waals surface area contributed by atoms with E-state index in [0.29, 0.717) is 13.2 Å². The lowest BCUT2D eigenvalue weighted by Crippen LogP contribution is -2.09. The zero-order chi connectivity index (χ0) is 17.5. The Morgan fingerprint density at radius 3 is 2.75 bits per heavy atom. The summed E-state index contributed by atoms with van der Waals surface area (Å²) in [5.41, 5.74) is 1.87. The normalized spacial score (nSPS) is 18.0. The fourth-order valence-corrected chi connectivity index (χ4v) is 2.26. The average Bonchev–Trinajstić information content (AvgIpc) is 3.35. The second kappa shape index (κ2) is 8.85. The molecule has 0 saturated carbocycles. The maximum Gasteiger partial charge on any atom is 0.330 e. The van der Waals surface area contributed by atoms with Gasteiger partial charge in [-0.2, -0.15) is 0 Å². The largest absolute Gasteiger partial charge is 0.491 e. The first kappa shape index (κ1) is 18.5. The molecule has 2 rings (SSSR count). The quantitative estimate of drug-likeness (QED) is 0.393. The summed E-state index contributed by atoms with van der Waals surface area (Å²) in [6, 6.07) is 5.78. The minimum atomic E-state index is -0.356. The summed E-state index contributed by atoms with van der Waals surface area (Å²) in [4.78, 5) is 11.6. The average molecular weight is 334 g/mol. The third-order valence-electron chi connectivity index (χ3n) is 3.49. The monoisotopic (exact) mass is 334 g/mol. The van der Waals surface area contributed by atoms with Gasteiger partial charge in [-0.05, 0) is 57.0 Å². The number of hydrogen-bond acceptors (Lipinski definition) is 5. The summed E-state index contributed by atoms with van der Waals surface area (Å²) in [7, 11) is 0. The molecule has 132 valence electrons. The van der Waals surface area contributed by atoms with Crippen LogP contribution in [-0.2, 0) is 19.0 Å². The predicted molar refractivity (Wildman–Crippen MR) is 92.0 cm³/mol. The SMILES string of the molecule is CCOC(=O)/C=C/c1ccc(OC(C)C)cc1[C@@H](C)OC[C@H]1CO1. The van der Waals surface area contributed by atoms with Crippen molar-refractivity contribution in [2.24, 2.45) is 0 Å². The molecule has 1 heterocycles. The third kappa shape index (κ3) is 5.98. The lowest BCUT2D eigenvalue weighted by Gasteiger charge is -2.18. The van der Waals surface area contributed by atoms with Crippen molar-refractivity contribution in [3.05, 3.63) is 35.4 Å². The lowest BCUT2D eigenvalue weighted by molar-refractivity contribution is -0.137. The van der Waals surface area contributed by atoms with E-state index in [9.17, 15) is 4.79 Å². The molecule has 1 aromatic rings. The van der Waals surface area contributed by atoms with Gasteiger partial charge in [-0.25, -0.2) is 4.79 Å². The molecular formula is C19H26O5. The number of carbonyl (C=O) groups is 1. The molecule has 0 amide bonds. The van der Waals surface area contributed by atoms with E-state index in [-0.39, 0.29) is 24.3 Å². The second-order valence-corrected chi connectivity index (χ2v) is 5.97. The molecule has 1 aliphatic rings. The lowest BCUT2D eigenvalue weighted by atomic mass is 10.0. The van der Waals surface area contributed by atoms with Crippen molar-refractivity contribution >= 4 is 12.0 Å². The molecule has 1 aromatic carbocycles. The molecule has 24 heavy (non-hydrogen) atoms. The van der Waals surface area contributed by atoms with Gasteiger partial charge in [0.2, 0.25) is 0 Å². The topological polar surface area (TPSA) is 57.3 Å². The van der Waals surface area contributed by atoms with Gasteiger partial charge in [-0.3, -0.25) is 0 Å². The molecule has 0 bridgehead atoms. The minimum absolute atomic E-state index is 0.0925. The maximum absolute atomic E-state index is 11.6. The highest BCUT2D eigenvalue weighted by Crippen LogP contribution is 2.28. The number of epoxide rings is 1. The first-order chi connectivity index (χ1) is 11.5. The van der Waals surface area contributed by atoms with Gasteiger partial charge in [0, 0.05) is 6.08 Å². The number of hydrogen-bond donors (Lipinski definition) is 0. The van der Waals surface area contributed by atoms with E-state index in [2.05, 4.69) is 0 Å². The van der Waals surface area contributed by atoms with E-state index in [0.717, 1.165) is 23.5 Å². The first-order valence-corrected chi connectivity index (χ1v) is 8.38. The first-order valence-electron chi connectivity index (χ1n) is 8.38. The van der Waals surface area contributed by atoms with Gasteiger partial charge in [-0.1, -0.05) is 6.07 Å². The van der Waals surface area contributed by atoms with Crippen molar-refractivity contribution in [3.8, 4) is 5.75 Å². The number of carbonyl (C=O) groups excluding carboxylic acids is 1. The molecule has 1 aliphatic heterocycles. The third-order valence-corrected chi connectivity index (χ3v) is 3.49. The highest BCUT2D eigenvalue weighted by atomic mass is 16.6. The zero-order valence-electron chi connectivity index (χ0n) is 14.8. The molecule has 2 atom stereocenters. The van der Waals surface area contributed by atoms with Crippen molar-refractivity contribution < 1.29 is 23.7 Å². The molecular weight excluding hydrogens is 308 g/mol. The van der Waals surface area contributed by atoms with E-state index in [1.807, 2.05) is 39.0 Å². The highest BCUT2D eigenvalue weighted by Gasteiger charge is 2.24. The molecule has 0 radical (unpaired) electrons. The van der Waals surface area contributed by atoms with Crippen LogP contribution in [0.2, 0.25) is 0 Å². The summed E-state index contributed by atoms with van der Waals surface area (Å²) in [5, 5.41) is 0. The Kier molecular flexibility index (Phi) is 6.82. The van der Waals surface area contributed by atoms with E-state index in [1.54, 1.807) is 13.0 Å². The zero-order valence-corrected chi connectivity index (χ0v) is 14.8. The minimum Gasteiger partial charge on any atom is -0.491 e. The van der Waals surface area contributed by atoms with E-state index in [4.69, 9.17) is 18.9 Å². The molecule has 1 fully saturated rings. The molecule has 0 unspecified atom stereocenters. The van der Waals surface area contributed by atoms with Crippen molar-refractivity contribution in [2.75, 3.05) is 19.8 Å². The summed E-state index contributed by atoms with van der Waals surface area (Å²) < 4.78 is 21.8. The number of ether oxygens (including phenoxy) is 4. The summed E-state index contributed by atoms with van der Waals surface area (Å²) >= 11 is 0. The maximum atomic E-state index is 11.6. The van der Waals surface area contributed by atoms with E-state index in [1.165, 1.54) is 6.08 Å².